The summed E-state index contributed by atoms with van der Waals surface area (Å²) in [6, 6.07) is 1.56. The Hall–Kier alpha value is -1.52. The fraction of sp³-hybridized carbons (Fsp3) is 0.750. The molecule has 0 spiro atoms. The van der Waals surface area contributed by atoms with E-state index in [4.69, 9.17) is 4.52 Å². The number of carbonyl (C=O) groups is 1. The summed E-state index contributed by atoms with van der Waals surface area (Å²) in [5.74, 6) is 3.93. The van der Waals surface area contributed by atoms with Crippen LogP contribution in [-0.4, -0.2) is 17.7 Å². The lowest BCUT2D eigenvalue weighted by molar-refractivity contribution is -0.0496. The summed E-state index contributed by atoms with van der Waals surface area (Å²) < 4.78 is 4.95. The molecular formula is C16H23N3O2. The number of hydrogen-bond acceptors (Lipinski definition) is 3. The highest BCUT2D eigenvalue weighted by atomic mass is 16.5. The number of anilines is 1. The fourth-order valence-electron chi connectivity index (χ4n) is 5.36. The highest BCUT2D eigenvalue weighted by Gasteiger charge is 2.50. The maximum Gasteiger partial charge on any atom is 0.320 e. The number of hydrogen-bond donors (Lipinski definition) is 2. The Balaban J connectivity index is 1.35. The molecule has 5 nitrogen and oxygen atoms in total. The van der Waals surface area contributed by atoms with Crippen molar-refractivity contribution in [2.24, 2.45) is 23.2 Å². The van der Waals surface area contributed by atoms with Crippen LogP contribution in [0.1, 0.15) is 44.3 Å². The minimum absolute atomic E-state index is 0.168. The molecule has 5 rings (SSSR count). The fourth-order valence-corrected chi connectivity index (χ4v) is 5.36. The van der Waals surface area contributed by atoms with Crippen molar-refractivity contribution in [3.63, 3.8) is 0 Å². The molecule has 1 aromatic rings. The summed E-state index contributed by atoms with van der Waals surface area (Å²) in [4.78, 5) is 12.0. The first-order valence-corrected chi connectivity index (χ1v) is 8.08. The molecule has 4 fully saturated rings. The third kappa shape index (κ3) is 2.54. The van der Waals surface area contributed by atoms with Crippen LogP contribution in [0.2, 0.25) is 0 Å². The quantitative estimate of drug-likeness (QED) is 0.897. The molecule has 114 valence electrons. The normalized spacial score (nSPS) is 36.7. The zero-order valence-corrected chi connectivity index (χ0v) is 12.5. The smallest absolute Gasteiger partial charge is 0.320 e. The van der Waals surface area contributed by atoms with Gasteiger partial charge in [-0.3, -0.25) is 5.32 Å². The van der Waals surface area contributed by atoms with Gasteiger partial charge in [0, 0.05) is 12.6 Å². The lowest BCUT2D eigenvalue weighted by Gasteiger charge is -2.56. The van der Waals surface area contributed by atoms with E-state index in [0.717, 1.165) is 24.3 Å². The van der Waals surface area contributed by atoms with Crippen LogP contribution in [0.3, 0.4) is 0 Å². The molecule has 0 atom stereocenters. The van der Waals surface area contributed by atoms with Crippen molar-refractivity contribution in [1.29, 1.82) is 0 Å². The number of nitrogens with zero attached hydrogens (tertiary/aromatic N) is 1. The van der Waals surface area contributed by atoms with Gasteiger partial charge < -0.3 is 9.84 Å². The van der Waals surface area contributed by atoms with E-state index >= 15 is 0 Å². The minimum atomic E-state index is -0.168. The monoisotopic (exact) mass is 289 g/mol. The second kappa shape index (κ2) is 4.75. The Kier molecular flexibility index (Phi) is 2.98. The van der Waals surface area contributed by atoms with Gasteiger partial charge in [0.15, 0.2) is 5.82 Å². The molecule has 0 saturated heterocycles. The summed E-state index contributed by atoms with van der Waals surface area (Å²) in [5.41, 5.74) is 0.367. The second-order valence-electron chi connectivity index (χ2n) is 7.55. The van der Waals surface area contributed by atoms with E-state index in [1.807, 2.05) is 6.92 Å². The largest absolute Gasteiger partial charge is 0.360 e. The number of carbonyl (C=O) groups excluding carboxylic acids is 1. The molecule has 1 aromatic heterocycles. The average Bonchev–Trinajstić information content (AvgIpc) is 2.80. The molecule has 4 saturated carbocycles. The van der Waals surface area contributed by atoms with E-state index in [2.05, 4.69) is 15.8 Å². The van der Waals surface area contributed by atoms with Gasteiger partial charge in [-0.15, -0.1) is 0 Å². The van der Waals surface area contributed by atoms with Gasteiger partial charge in [0.25, 0.3) is 0 Å². The number of amides is 2. The van der Waals surface area contributed by atoms with E-state index < -0.39 is 0 Å². The maximum absolute atomic E-state index is 12.0. The Morgan fingerprint density at radius 3 is 2.43 bits per heavy atom. The summed E-state index contributed by atoms with van der Waals surface area (Å²) in [5, 5.41) is 9.59. The van der Waals surface area contributed by atoms with Crippen LogP contribution in [0.15, 0.2) is 10.6 Å². The number of aryl methyl sites for hydroxylation is 1. The molecule has 2 amide bonds. The highest BCUT2D eigenvalue weighted by Crippen LogP contribution is 2.59. The Labute approximate surface area is 124 Å². The molecule has 4 bridgehead atoms. The molecule has 0 aliphatic heterocycles. The number of urea groups is 1. The van der Waals surface area contributed by atoms with Crippen molar-refractivity contribution >= 4 is 11.8 Å². The van der Waals surface area contributed by atoms with Gasteiger partial charge in [-0.25, -0.2) is 4.79 Å². The van der Waals surface area contributed by atoms with Gasteiger partial charge >= 0.3 is 6.03 Å². The molecule has 0 aromatic carbocycles. The van der Waals surface area contributed by atoms with Crippen LogP contribution in [0.5, 0.6) is 0 Å². The van der Waals surface area contributed by atoms with E-state index in [-0.39, 0.29) is 6.03 Å². The molecule has 2 N–H and O–H groups in total. The standard InChI is InChI=1S/C16H23N3O2/c1-10-2-14(19-21-10)18-15(20)17-9-16-6-11-3-12(7-16)5-13(4-11)8-16/h2,11-13H,3-9H2,1H3,(H2,17,18,19,20). The Morgan fingerprint density at radius 2 is 1.90 bits per heavy atom. The first-order chi connectivity index (χ1) is 10.1. The van der Waals surface area contributed by atoms with Gasteiger partial charge in [0.05, 0.1) is 0 Å². The first-order valence-electron chi connectivity index (χ1n) is 8.08. The summed E-state index contributed by atoms with van der Waals surface area (Å²) in [6.45, 7) is 2.62. The van der Waals surface area contributed by atoms with Gasteiger partial charge in [0.2, 0.25) is 0 Å². The van der Waals surface area contributed by atoms with E-state index in [0.29, 0.717) is 17.0 Å². The highest BCUT2D eigenvalue weighted by molar-refractivity contribution is 5.88. The number of rotatable bonds is 3. The summed E-state index contributed by atoms with van der Waals surface area (Å²) >= 11 is 0. The van der Waals surface area contributed by atoms with Crippen molar-refractivity contribution in [1.82, 2.24) is 10.5 Å². The lowest BCUT2D eigenvalue weighted by Crippen LogP contribution is -2.51. The SMILES string of the molecule is Cc1cc(NC(=O)NCC23CC4CC(CC(C4)C2)C3)no1. The van der Waals surface area contributed by atoms with E-state index in [1.54, 1.807) is 6.07 Å². The van der Waals surface area contributed by atoms with E-state index in [1.165, 1.54) is 38.5 Å². The summed E-state index contributed by atoms with van der Waals surface area (Å²) in [6.07, 6.45) is 8.23. The average molecular weight is 289 g/mol. The first kappa shape index (κ1) is 13.2. The van der Waals surface area contributed by atoms with E-state index in [9.17, 15) is 4.79 Å². The van der Waals surface area contributed by atoms with Gasteiger partial charge in [-0.1, -0.05) is 5.16 Å². The summed E-state index contributed by atoms with van der Waals surface area (Å²) in [7, 11) is 0. The molecule has 5 heteroatoms. The van der Waals surface area contributed by atoms with Crippen molar-refractivity contribution in [2.75, 3.05) is 11.9 Å². The predicted molar refractivity (Wildman–Crippen MR) is 78.9 cm³/mol. The van der Waals surface area contributed by atoms with Crippen molar-refractivity contribution < 1.29 is 9.32 Å². The number of nitrogens with one attached hydrogen (secondary N) is 2. The van der Waals surface area contributed by atoms with Crippen LogP contribution in [-0.2, 0) is 0 Å². The van der Waals surface area contributed by atoms with Crippen LogP contribution in [0.4, 0.5) is 10.6 Å². The van der Waals surface area contributed by atoms with Gasteiger partial charge in [-0.05, 0) is 68.6 Å². The van der Waals surface area contributed by atoms with Crippen LogP contribution in [0.25, 0.3) is 0 Å². The molecular weight excluding hydrogens is 266 g/mol. The zero-order chi connectivity index (χ0) is 14.4. The van der Waals surface area contributed by atoms with Crippen LogP contribution < -0.4 is 10.6 Å². The second-order valence-corrected chi connectivity index (χ2v) is 7.55. The van der Waals surface area contributed by atoms with Crippen LogP contribution in [0, 0.1) is 30.1 Å². The minimum Gasteiger partial charge on any atom is -0.360 e. The zero-order valence-electron chi connectivity index (χ0n) is 12.5. The predicted octanol–water partition coefficient (Wildman–Crippen LogP) is 3.32. The lowest BCUT2D eigenvalue weighted by atomic mass is 9.49. The van der Waals surface area contributed by atoms with Crippen molar-refractivity contribution in [3.8, 4) is 0 Å². The molecule has 1 heterocycles. The van der Waals surface area contributed by atoms with Crippen LogP contribution >= 0.6 is 0 Å². The number of aromatic nitrogens is 1. The van der Waals surface area contributed by atoms with Gasteiger partial charge in [0.1, 0.15) is 5.76 Å². The Bertz CT molecular complexity index is 516. The molecule has 0 radical (unpaired) electrons. The molecule has 4 aliphatic carbocycles. The van der Waals surface area contributed by atoms with Crippen molar-refractivity contribution in [3.05, 3.63) is 11.8 Å². The molecule has 21 heavy (non-hydrogen) atoms. The third-order valence-corrected chi connectivity index (χ3v) is 5.66. The topological polar surface area (TPSA) is 67.2 Å². The van der Waals surface area contributed by atoms with Gasteiger partial charge in [-0.2, -0.15) is 0 Å². The third-order valence-electron chi connectivity index (χ3n) is 5.66. The Morgan fingerprint density at radius 1 is 1.29 bits per heavy atom. The van der Waals surface area contributed by atoms with Crippen molar-refractivity contribution in [2.45, 2.75) is 45.4 Å². The maximum atomic E-state index is 12.0. The molecule has 4 aliphatic rings. The molecule has 0 unspecified atom stereocenters.